The molecular formula is C30H34N4O4S2. The molecule has 0 aliphatic carbocycles. The van der Waals surface area contributed by atoms with Gasteiger partial charge in [0.05, 0.1) is 22.2 Å². The zero-order chi connectivity index (χ0) is 28.3. The number of likely N-dealkylation sites (N-methyl/N-ethyl adjacent to an activating group) is 1. The molecule has 0 saturated heterocycles. The molecule has 0 N–H and O–H groups in total. The lowest BCUT2D eigenvalue weighted by molar-refractivity contribution is 0.0983. The van der Waals surface area contributed by atoms with Crippen LogP contribution >= 0.6 is 11.3 Å². The van der Waals surface area contributed by atoms with Gasteiger partial charge >= 0.3 is 0 Å². The third-order valence-corrected chi connectivity index (χ3v) is 10.3. The first kappa shape index (κ1) is 28.2. The van der Waals surface area contributed by atoms with Gasteiger partial charge in [0.2, 0.25) is 10.0 Å². The molecular weight excluding hydrogens is 544 g/mol. The Bertz CT molecular complexity index is 1600. The standard InChI is InChI=1S/C30H34N4O4S2/c1-4-32(5-2)18-19-34(30-31-27-20-25(38-3)12-15-28(27)39-30)29(35)23-10-13-26(14-11-23)40(36,37)33-17-16-22-8-6-7-9-24(22)21-33/h6-15,20H,4-5,16-19,21H2,1-3H3. The third kappa shape index (κ3) is 5.76. The molecule has 0 radical (unpaired) electrons. The number of ether oxygens (including phenoxy) is 1. The summed E-state index contributed by atoms with van der Waals surface area (Å²) >= 11 is 1.45. The minimum atomic E-state index is -3.69. The van der Waals surface area contributed by atoms with Crippen molar-refractivity contribution < 1.29 is 17.9 Å². The predicted octanol–water partition coefficient (Wildman–Crippen LogP) is 5.04. The Morgan fingerprint density at radius 1 is 1.00 bits per heavy atom. The monoisotopic (exact) mass is 578 g/mol. The molecule has 0 saturated carbocycles. The fourth-order valence-corrected chi connectivity index (χ4v) is 7.34. The van der Waals surface area contributed by atoms with Crippen molar-refractivity contribution in [2.24, 2.45) is 0 Å². The highest BCUT2D eigenvalue weighted by Crippen LogP contribution is 2.32. The molecule has 5 rings (SSSR count). The van der Waals surface area contributed by atoms with Crippen molar-refractivity contribution >= 4 is 42.6 Å². The van der Waals surface area contributed by atoms with E-state index >= 15 is 0 Å². The summed E-state index contributed by atoms with van der Waals surface area (Å²) in [4.78, 5) is 22.7. The van der Waals surface area contributed by atoms with E-state index in [0.717, 1.165) is 28.9 Å². The highest BCUT2D eigenvalue weighted by Gasteiger charge is 2.29. The number of hydrogen-bond acceptors (Lipinski definition) is 7. The van der Waals surface area contributed by atoms with Crippen molar-refractivity contribution in [3.05, 3.63) is 83.4 Å². The van der Waals surface area contributed by atoms with Crippen LogP contribution in [0.15, 0.2) is 71.6 Å². The van der Waals surface area contributed by atoms with Gasteiger partial charge in [-0.1, -0.05) is 49.4 Å². The van der Waals surface area contributed by atoms with E-state index < -0.39 is 10.0 Å². The van der Waals surface area contributed by atoms with Crippen LogP contribution in [0, 0.1) is 0 Å². The number of aromatic nitrogens is 1. The lowest BCUT2D eigenvalue weighted by Crippen LogP contribution is -2.39. The van der Waals surface area contributed by atoms with Crippen LogP contribution in [0.1, 0.15) is 35.3 Å². The fourth-order valence-electron chi connectivity index (χ4n) is 4.95. The number of anilines is 1. The summed E-state index contributed by atoms with van der Waals surface area (Å²) in [6, 6.07) is 19.9. The molecule has 8 nitrogen and oxygen atoms in total. The summed E-state index contributed by atoms with van der Waals surface area (Å²) in [5.41, 5.74) is 3.40. The number of sulfonamides is 1. The Balaban J connectivity index is 1.40. The zero-order valence-corrected chi connectivity index (χ0v) is 24.7. The van der Waals surface area contributed by atoms with E-state index in [0.29, 0.717) is 49.0 Å². The molecule has 0 bridgehead atoms. The van der Waals surface area contributed by atoms with Crippen LogP contribution in [-0.2, 0) is 23.0 Å². The van der Waals surface area contributed by atoms with E-state index in [1.807, 2.05) is 42.5 Å². The van der Waals surface area contributed by atoms with Gasteiger partial charge < -0.3 is 9.64 Å². The first-order valence-corrected chi connectivity index (χ1v) is 15.8. The van der Waals surface area contributed by atoms with Crippen LogP contribution in [0.25, 0.3) is 10.2 Å². The number of benzene rings is 3. The molecule has 0 unspecified atom stereocenters. The van der Waals surface area contributed by atoms with Crippen LogP contribution in [0.2, 0.25) is 0 Å². The third-order valence-electron chi connectivity index (χ3n) is 7.43. The number of methoxy groups -OCH3 is 1. The van der Waals surface area contributed by atoms with Crippen LogP contribution in [0.3, 0.4) is 0 Å². The highest BCUT2D eigenvalue weighted by atomic mass is 32.2. The molecule has 4 aromatic rings. The Labute approximate surface area is 239 Å². The lowest BCUT2D eigenvalue weighted by Gasteiger charge is -2.28. The van der Waals surface area contributed by atoms with Crippen LogP contribution in [0.4, 0.5) is 5.13 Å². The topological polar surface area (TPSA) is 83.1 Å². The molecule has 0 fully saturated rings. The number of hydrogen-bond donors (Lipinski definition) is 0. The number of carbonyl (C=O) groups excluding carboxylic acids is 1. The molecule has 1 aliphatic rings. The minimum Gasteiger partial charge on any atom is -0.497 e. The normalized spacial score (nSPS) is 13.9. The van der Waals surface area contributed by atoms with E-state index in [-0.39, 0.29) is 10.8 Å². The number of rotatable bonds is 10. The summed E-state index contributed by atoms with van der Waals surface area (Å²) in [5, 5.41) is 0.601. The van der Waals surface area contributed by atoms with Crippen LogP contribution < -0.4 is 9.64 Å². The van der Waals surface area contributed by atoms with Gasteiger partial charge in [0.15, 0.2) is 5.13 Å². The van der Waals surface area contributed by atoms with Gasteiger partial charge in [-0.25, -0.2) is 13.4 Å². The predicted molar refractivity (Wildman–Crippen MR) is 160 cm³/mol. The minimum absolute atomic E-state index is 0.185. The van der Waals surface area contributed by atoms with Crippen molar-refractivity contribution in [2.75, 3.05) is 44.7 Å². The van der Waals surface area contributed by atoms with E-state index in [9.17, 15) is 13.2 Å². The first-order valence-electron chi connectivity index (χ1n) is 13.5. The molecule has 2 heterocycles. The Morgan fingerprint density at radius 2 is 1.73 bits per heavy atom. The van der Waals surface area contributed by atoms with Crippen molar-refractivity contribution in [2.45, 2.75) is 31.7 Å². The molecule has 1 aliphatic heterocycles. The number of nitrogens with zero attached hydrogens (tertiary/aromatic N) is 4. The Hall–Kier alpha value is -3.31. The average Bonchev–Trinajstić information content (AvgIpc) is 3.42. The number of thiazole rings is 1. The molecule has 0 atom stereocenters. The molecule has 1 amide bonds. The Kier molecular flexibility index (Phi) is 8.51. The van der Waals surface area contributed by atoms with Gasteiger partial charge in [-0.2, -0.15) is 4.31 Å². The summed E-state index contributed by atoms with van der Waals surface area (Å²) in [5.74, 6) is 0.494. The summed E-state index contributed by atoms with van der Waals surface area (Å²) in [6.45, 7) is 7.89. The SMILES string of the molecule is CCN(CC)CCN(C(=O)c1ccc(S(=O)(=O)N2CCc3ccccc3C2)cc1)c1nc2cc(OC)ccc2s1. The zero-order valence-electron chi connectivity index (χ0n) is 23.0. The van der Waals surface area contributed by atoms with Crippen molar-refractivity contribution in [3.8, 4) is 5.75 Å². The largest absolute Gasteiger partial charge is 0.497 e. The van der Waals surface area contributed by atoms with Crippen molar-refractivity contribution in [1.29, 1.82) is 0 Å². The maximum absolute atomic E-state index is 13.8. The van der Waals surface area contributed by atoms with Crippen LogP contribution in [-0.4, -0.2) is 68.3 Å². The quantitative estimate of drug-likeness (QED) is 0.262. The molecule has 1 aromatic heterocycles. The molecule has 10 heteroatoms. The molecule has 0 spiro atoms. The number of amides is 1. The van der Waals surface area contributed by atoms with Crippen molar-refractivity contribution in [3.63, 3.8) is 0 Å². The summed E-state index contributed by atoms with van der Waals surface area (Å²) < 4.78 is 34.7. The summed E-state index contributed by atoms with van der Waals surface area (Å²) in [6.07, 6.45) is 0.682. The second kappa shape index (κ2) is 12.1. The smallest absolute Gasteiger partial charge is 0.260 e. The molecule has 210 valence electrons. The second-order valence-electron chi connectivity index (χ2n) is 9.70. The Morgan fingerprint density at radius 3 is 2.42 bits per heavy atom. The average molecular weight is 579 g/mol. The molecule has 40 heavy (non-hydrogen) atoms. The second-order valence-corrected chi connectivity index (χ2v) is 12.6. The molecule has 3 aromatic carbocycles. The van der Waals surface area contributed by atoms with Gasteiger partial charge in [-0.05, 0) is 67.0 Å². The number of fused-ring (bicyclic) bond motifs is 2. The van der Waals surface area contributed by atoms with Gasteiger partial charge in [0, 0.05) is 37.8 Å². The van der Waals surface area contributed by atoms with Gasteiger partial charge in [0.1, 0.15) is 5.75 Å². The van der Waals surface area contributed by atoms with Gasteiger partial charge in [-0.3, -0.25) is 9.69 Å². The van der Waals surface area contributed by atoms with E-state index in [2.05, 4.69) is 18.7 Å². The van der Waals surface area contributed by atoms with Crippen LogP contribution in [0.5, 0.6) is 5.75 Å². The van der Waals surface area contributed by atoms with E-state index in [1.165, 1.54) is 33.3 Å². The fraction of sp³-hybridized carbons (Fsp3) is 0.333. The maximum atomic E-state index is 13.8. The highest BCUT2D eigenvalue weighted by molar-refractivity contribution is 7.89. The van der Waals surface area contributed by atoms with E-state index in [4.69, 9.17) is 9.72 Å². The maximum Gasteiger partial charge on any atom is 0.260 e. The van der Waals surface area contributed by atoms with Gasteiger partial charge in [0.25, 0.3) is 5.91 Å². The van der Waals surface area contributed by atoms with E-state index in [1.54, 1.807) is 24.1 Å². The lowest BCUT2D eigenvalue weighted by atomic mass is 10.0. The number of carbonyl (C=O) groups is 1. The first-order chi connectivity index (χ1) is 19.3. The van der Waals surface area contributed by atoms with Gasteiger partial charge in [-0.15, -0.1) is 0 Å². The van der Waals surface area contributed by atoms with Crippen molar-refractivity contribution in [1.82, 2.24) is 14.2 Å². The summed E-state index contributed by atoms with van der Waals surface area (Å²) in [7, 11) is -2.08.